The van der Waals surface area contributed by atoms with Gasteiger partial charge in [-0.1, -0.05) is 0 Å². The predicted molar refractivity (Wildman–Crippen MR) is 63.8 cm³/mol. The number of rotatable bonds is 1. The Hall–Kier alpha value is -0.750. The van der Waals surface area contributed by atoms with E-state index in [0.29, 0.717) is 14.6 Å². The van der Waals surface area contributed by atoms with Crippen LogP contribution in [0, 0.1) is 5.82 Å². The minimum Gasteiger partial charge on any atom is -0.302 e. The monoisotopic (exact) mass is 349 g/mol. The van der Waals surface area contributed by atoms with E-state index in [-0.39, 0.29) is 24.7 Å². The van der Waals surface area contributed by atoms with Crippen molar-refractivity contribution in [1.29, 1.82) is 0 Å². The molecule has 3 nitrogen and oxygen atoms in total. The summed E-state index contributed by atoms with van der Waals surface area (Å²) >= 11 is 6.36. The van der Waals surface area contributed by atoms with Gasteiger partial charge in [-0.2, -0.15) is 0 Å². The Kier molecular flexibility index (Phi) is 3.12. The van der Waals surface area contributed by atoms with E-state index < -0.39 is 5.82 Å². The molecule has 16 heavy (non-hydrogen) atoms. The highest BCUT2D eigenvalue weighted by atomic mass is 79.9. The van der Waals surface area contributed by atoms with Gasteiger partial charge in [0.1, 0.15) is 5.82 Å². The van der Waals surface area contributed by atoms with E-state index in [1.165, 1.54) is 17.0 Å². The lowest BCUT2D eigenvalue weighted by Crippen LogP contribution is -2.25. The number of Topliss-reactive ketones (excluding diaryl/α,β-unsaturated/α-hetero) is 1. The molecule has 1 aliphatic heterocycles. The lowest BCUT2D eigenvalue weighted by Gasteiger charge is -2.18. The van der Waals surface area contributed by atoms with Crippen LogP contribution in [0.2, 0.25) is 0 Å². The molecule has 1 aromatic rings. The van der Waals surface area contributed by atoms with Gasteiger partial charge in [-0.3, -0.25) is 9.59 Å². The van der Waals surface area contributed by atoms with Gasteiger partial charge in [-0.15, -0.1) is 0 Å². The fraction of sp³-hybridized carbons (Fsp3) is 0.200. The summed E-state index contributed by atoms with van der Waals surface area (Å²) in [6, 6.07) is 2.52. The first kappa shape index (κ1) is 11.7. The third kappa shape index (κ3) is 2.04. The molecule has 1 aliphatic rings. The number of ketones is 1. The van der Waals surface area contributed by atoms with Crippen LogP contribution in [0.4, 0.5) is 10.1 Å². The Balaban J connectivity index is 2.48. The molecule has 0 aromatic heterocycles. The molecule has 1 aromatic carbocycles. The molecule has 0 N–H and O–H groups in total. The highest BCUT2D eigenvalue weighted by molar-refractivity contribution is 9.11. The van der Waals surface area contributed by atoms with Crippen LogP contribution in [-0.2, 0) is 9.59 Å². The number of hydrogen-bond donors (Lipinski definition) is 0. The second kappa shape index (κ2) is 4.25. The molecule has 0 atom stereocenters. The first-order valence-electron chi connectivity index (χ1n) is 4.45. The largest absolute Gasteiger partial charge is 0.302 e. The van der Waals surface area contributed by atoms with Gasteiger partial charge in [0.2, 0.25) is 5.91 Å². The van der Waals surface area contributed by atoms with Crippen LogP contribution in [0.1, 0.15) is 6.42 Å². The molecule has 1 saturated heterocycles. The van der Waals surface area contributed by atoms with E-state index >= 15 is 0 Å². The van der Waals surface area contributed by atoms with E-state index in [0.717, 1.165) is 0 Å². The van der Waals surface area contributed by atoms with E-state index in [2.05, 4.69) is 31.9 Å². The Morgan fingerprint density at radius 1 is 1.19 bits per heavy atom. The molecule has 1 amide bonds. The van der Waals surface area contributed by atoms with Crippen molar-refractivity contribution in [2.45, 2.75) is 6.42 Å². The zero-order valence-corrected chi connectivity index (χ0v) is 11.1. The molecule has 0 radical (unpaired) electrons. The van der Waals surface area contributed by atoms with Gasteiger partial charge in [-0.25, -0.2) is 4.39 Å². The molecular formula is C10H6Br2FNO2. The summed E-state index contributed by atoms with van der Waals surface area (Å²) in [5.74, 6) is -0.813. The molecule has 0 aliphatic carbocycles. The van der Waals surface area contributed by atoms with Crippen LogP contribution in [-0.4, -0.2) is 18.2 Å². The van der Waals surface area contributed by atoms with Crippen molar-refractivity contribution in [3.05, 3.63) is 26.9 Å². The summed E-state index contributed by atoms with van der Waals surface area (Å²) in [6.07, 6.45) is -0.0870. The topological polar surface area (TPSA) is 37.4 Å². The van der Waals surface area contributed by atoms with Gasteiger partial charge >= 0.3 is 0 Å². The van der Waals surface area contributed by atoms with Gasteiger partial charge in [0.15, 0.2) is 5.78 Å². The summed E-state index contributed by atoms with van der Waals surface area (Å²) < 4.78 is 13.9. The first-order chi connectivity index (χ1) is 7.49. The molecular weight excluding hydrogens is 345 g/mol. The van der Waals surface area contributed by atoms with E-state index in [1.54, 1.807) is 0 Å². The van der Waals surface area contributed by atoms with Crippen molar-refractivity contribution >= 4 is 49.2 Å². The minimum absolute atomic E-state index is 0.0433. The minimum atomic E-state index is -0.416. The lowest BCUT2D eigenvalue weighted by atomic mass is 10.3. The van der Waals surface area contributed by atoms with Crippen molar-refractivity contribution in [3.63, 3.8) is 0 Å². The second-order valence-corrected chi connectivity index (χ2v) is 5.12. The maximum atomic E-state index is 13.0. The standard InChI is InChI=1S/C10H6Br2FNO2/c11-7-1-5(13)2-8(12)10(7)14-4-6(15)3-9(14)16/h1-2H,3-4H2. The molecule has 0 spiro atoms. The quantitative estimate of drug-likeness (QED) is 0.730. The highest BCUT2D eigenvalue weighted by Crippen LogP contribution is 2.36. The van der Waals surface area contributed by atoms with Crippen molar-refractivity contribution in [1.82, 2.24) is 0 Å². The van der Waals surface area contributed by atoms with Gasteiger partial charge in [-0.05, 0) is 44.0 Å². The number of anilines is 1. The third-order valence-corrected chi connectivity index (χ3v) is 3.44. The Labute approximate surface area is 108 Å². The Bertz CT molecular complexity index is 467. The SMILES string of the molecule is O=C1CC(=O)N(c2c(Br)cc(F)cc2Br)C1. The average Bonchev–Trinajstić information content (AvgIpc) is 2.43. The number of hydrogen-bond acceptors (Lipinski definition) is 2. The van der Waals surface area contributed by atoms with Crippen molar-refractivity contribution < 1.29 is 14.0 Å². The first-order valence-corrected chi connectivity index (χ1v) is 6.04. The molecule has 1 fully saturated rings. The van der Waals surface area contributed by atoms with E-state index in [1.807, 2.05) is 0 Å². The molecule has 84 valence electrons. The third-order valence-electron chi connectivity index (χ3n) is 2.24. The maximum absolute atomic E-state index is 13.0. The Morgan fingerprint density at radius 3 is 2.19 bits per heavy atom. The number of carbonyl (C=O) groups excluding carboxylic acids is 2. The zero-order valence-electron chi connectivity index (χ0n) is 7.97. The molecule has 0 saturated carbocycles. The summed E-state index contributed by atoms with van der Waals surface area (Å²) in [5.41, 5.74) is 0.497. The van der Waals surface area contributed by atoms with Gasteiger partial charge < -0.3 is 4.90 Å². The van der Waals surface area contributed by atoms with Crippen molar-refractivity contribution in [3.8, 4) is 0 Å². The smallest absolute Gasteiger partial charge is 0.234 e. The van der Waals surface area contributed by atoms with Gasteiger partial charge in [0.25, 0.3) is 0 Å². The maximum Gasteiger partial charge on any atom is 0.234 e. The van der Waals surface area contributed by atoms with Crippen LogP contribution in [0.15, 0.2) is 21.1 Å². The number of amides is 1. The van der Waals surface area contributed by atoms with Gasteiger partial charge in [0, 0.05) is 8.95 Å². The molecule has 0 unspecified atom stereocenters. The number of halogens is 3. The van der Waals surface area contributed by atoms with E-state index in [4.69, 9.17) is 0 Å². The summed E-state index contributed by atoms with van der Waals surface area (Å²) in [4.78, 5) is 24.0. The summed E-state index contributed by atoms with van der Waals surface area (Å²) in [7, 11) is 0. The van der Waals surface area contributed by atoms with Crippen LogP contribution in [0.25, 0.3) is 0 Å². The molecule has 1 heterocycles. The number of carbonyl (C=O) groups is 2. The predicted octanol–water partition coefficient (Wildman–Crippen LogP) is 2.66. The van der Waals surface area contributed by atoms with E-state index in [9.17, 15) is 14.0 Å². The number of nitrogens with zero attached hydrogens (tertiary/aromatic N) is 1. The summed E-state index contributed by atoms with van der Waals surface area (Å²) in [6.45, 7) is 0.0433. The lowest BCUT2D eigenvalue weighted by molar-refractivity contribution is -0.121. The summed E-state index contributed by atoms with van der Waals surface area (Å²) in [5, 5.41) is 0. The molecule has 6 heteroatoms. The zero-order chi connectivity index (χ0) is 11.9. The van der Waals surface area contributed by atoms with Crippen LogP contribution in [0.3, 0.4) is 0 Å². The van der Waals surface area contributed by atoms with Crippen molar-refractivity contribution in [2.24, 2.45) is 0 Å². The van der Waals surface area contributed by atoms with Crippen LogP contribution >= 0.6 is 31.9 Å². The fourth-order valence-corrected chi connectivity index (χ4v) is 3.14. The average molecular weight is 351 g/mol. The van der Waals surface area contributed by atoms with Crippen molar-refractivity contribution in [2.75, 3.05) is 11.4 Å². The molecule has 0 bridgehead atoms. The van der Waals surface area contributed by atoms with Crippen LogP contribution in [0.5, 0.6) is 0 Å². The fourth-order valence-electron chi connectivity index (χ4n) is 1.58. The molecule has 2 rings (SSSR count). The Morgan fingerprint density at radius 2 is 1.75 bits per heavy atom. The normalized spacial score (nSPS) is 16.1. The second-order valence-electron chi connectivity index (χ2n) is 3.41. The highest BCUT2D eigenvalue weighted by Gasteiger charge is 2.31. The number of benzene rings is 1. The van der Waals surface area contributed by atoms with Crippen LogP contribution < -0.4 is 4.90 Å². The van der Waals surface area contributed by atoms with Gasteiger partial charge in [0.05, 0.1) is 18.7 Å².